The number of fused-ring (bicyclic) bond motifs is 1. The van der Waals surface area contributed by atoms with Crippen LogP contribution in [0.5, 0.6) is 5.75 Å². The van der Waals surface area contributed by atoms with E-state index in [4.69, 9.17) is 4.74 Å². The Hall–Kier alpha value is -2.17. The van der Waals surface area contributed by atoms with Crippen LogP contribution in [-0.4, -0.2) is 61.0 Å². The minimum absolute atomic E-state index is 0.132. The third-order valence-corrected chi connectivity index (χ3v) is 6.50. The molecule has 0 saturated carbocycles. The van der Waals surface area contributed by atoms with Gasteiger partial charge in [-0.25, -0.2) is 22.6 Å². The quantitative estimate of drug-likeness (QED) is 0.671. The van der Waals surface area contributed by atoms with Gasteiger partial charge in [-0.1, -0.05) is 12.1 Å². The molecule has 0 amide bonds. The monoisotopic (exact) mass is 423 g/mol. The highest BCUT2D eigenvalue weighted by molar-refractivity contribution is 7.89. The third kappa shape index (κ3) is 5.06. The highest BCUT2D eigenvalue weighted by atomic mass is 32.2. The Bertz CT molecular complexity index is 996. The summed E-state index contributed by atoms with van der Waals surface area (Å²) in [5.74, 6) is 1.05. The highest BCUT2D eigenvalue weighted by Gasteiger charge is 2.26. The summed E-state index contributed by atoms with van der Waals surface area (Å²) in [6.07, 6.45) is 1.66. The van der Waals surface area contributed by atoms with Crippen molar-refractivity contribution >= 4 is 10.0 Å². The van der Waals surface area contributed by atoms with E-state index in [1.807, 2.05) is 25.9 Å². The zero-order chi connectivity index (χ0) is 21.0. The Balaban J connectivity index is 1.71. The number of benzene rings is 1. The maximum atomic E-state index is 12.9. The van der Waals surface area contributed by atoms with Crippen molar-refractivity contribution in [2.75, 3.05) is 27.2 Å². The zero-order valence-electron chi connectivity index (χ0n) is 17.2. The van der Waals surface area contributed by atoms with Gasteiger partial charge in [-0.3, -0.25) is 4.57 Å². The van der Waals surface area contributed by atoms with Crippen LogP contribution in [0.3, 0.4) is 0 Å². The number of sulfonamides is 1. The number of aromatic nitrogens is 3. The van der Waals surface area contributed by atoms with E-state index in [9.17, 15) is 13.2 Å². The Morgan fingerprint density at radius 2 is 2.03 bits per heavy atom. The summed E-state index contributed by atoms with van der Waals surface area (Å²) in [5, 5.41) is 4.45. The summed E-state index contributed by atoms with van der Waals surface area (Å²) in [6, 6.07) is 6.34. The van der Waals surface area contributed by atoms with Gasteiger partial charge in [-0.2, -0.15) is 5.10 Å². The first-order valence-electron chi connectivity index (χ1n) is 9.87. The summed E-state index contributed by atoms with van der Waals surface area (Å²) < 4.78 is 37.2. The lowest BCUT2D eigenvalue weighted by Gasteiger charge is -2.18. The van der Waals surface area contributed by atoms with E-state index >= 15 is 0 Å². The molecular formula is C19H29N5O4S. The number of aryl methyl sites for hydroxylation is 1. The number of para-hydroxylation sites is 1. The first kappa shape index (κ1) is 21.5. The SMILES string of the molecule is CCOc1ccccc1S(=O)(=O)NC1CCc2nn(CCN(C)C)c(=O)n2CC1. The number of nitrogens with zero attached hydrogens (tertiary/aromatic N) is 4. The number of nitrogens with one attached hydrogen (secondary N) is 1. The highest BCUT2D eigenvalue weighted by Crippen LogP contribution is 2.24. The number of hydrogen-bond donors (Lipinski definition) is 1. The molecule has 10 heteroatoms. The molecular weight excluding hydrogens is 394 g/mol. The van der Waals surface area contributed by atoms with Gasteiger partial charge in [0.25, 0.3) is 0 Å². The van der Waals surface area contributed by atoms with Gasteiger partial charge in [0.15, 0.2) is 0 Å². The fourth-order valence-electron chi connectivity index (χ4n) is 3.42. The zero-order valence-corrected chi connectivity index (χ0v) is 18.0. The Labute approximate surface area is 171 Å². The van der Waals surface area contributed by atoms with Crippen LogP contribution >= 0.6 is 0 Å². The largest absolute Gasteiger partial charge is 0.492 e. The third-order valence-electron chi connectivity index (χ3n) is 4.94. The Kier molecular flexibility index (Phi) is 6.76. The smallest absolute Gasteiger partial charge is 0.345 e. The van der Waals surface area contributed by atoms with E-state index in [0.29, 0.717) is 50.5 Å². The first-order valence-corrected chi connectivity index (χ1v) is 11.4. The summed E-state index contributed by atoms with van der Waals surface area (Å²) in [4.78, 5) is 14.7. The average molecular weight is 424 g/mol. The Morgan fingerprint density at radius 3 is 2.76 bits per heavy atom. The number of ether oxygens (including phenoxy) is 1. The molecule has 1 N–H and O–H groups in total. The van der Waals surface area contributed by atoms with E-state index in [-0.39, 0.29) is 16.6 Å². The van der Waals surface area contributed by atoms with E-state index in [2.05, 4.69) is 9.82 Å². The molecule has 0 bridgehead atoms. The maximum Gasteiger partial charge on any atom is 0.345 e. The molecule has 2 aromatic rings. The molecule has 1 unspecified atom stereocenters. The fraction of sp³-hybridized carbons (Fsp3) is 0.579. The van der Waals surface area contributed by atoms with Gasteiger partial charge in [0.1, 0.15) is 16.5 Å². The normalized spacial score (nSPS) is 17.2. The summed E-state index contributed by atoms with van der Waals surface area (Å²) in [5.41, 5.74) is -0.132. The van der Waals surface area contributed by atoms with E-state index < -0.39 is 10.0 Å². The lowest BCUT2D eigenvalue weighted by atomic mass is 10.1. The van der Waals surface area contributed by atoms with Crippen LogP contribution in [0.15, 0.2) is 34.0 Å². The van der Waals surface area contributed by atoms with Crippen molar-refractivity contribution < 1.29 is 13.2 Å². The molecule has 0 fully saturated rings. The number of hydrogen-bond acceptors (Lipinski definition) is 6. The molecule has 0 saturated heterocycles. The van der Waals surface area contributed by atoms with Crippen LogP contribution in [-0.2, 0) is 29.5 Å². The van der Waals surface area contributed by atoms with Crippen molar-refractivity contribution in [3.63, 3.8) is 0 Å². The summed E-state index contributed by atoms with van der Waals surface area (Å²) in [6.45, 7) is 3.91. The second kappa shape index (κ2) is 9.10. The van der Waals surface area contributed by atoms with Gasteiger partial charge in [0.2, 0.25) is 10.0 Å². The van der Waals surface area contributed by atoms with E-state index in [0.717, 1.165) is 6.54 Å². The van der Waals surface area contributed by atoms with Crippen LogP contribution in [0.1, 0.15) is 25.6 Å². The van der Waals surface area contributed by atoms with Crippen LogP contribution in [0.2, 0.25) is 0 Å². The molecule has 29 heavy (non-hydrogen) atoms. The van der Waals surface area contributed by atoms with Crippen LogP contribution in [0.25, 0.3) is 0 Å². The number of rotatable bonds is 8. The molecule has 1 atom stereocenters. The van der Waals surface area contributed by atoms with Gasteiger partial charge in [-0.05, 0) is 46.0 Å². The van der Waals surface area contributed by atoms with Crippen LogP contribution in [0, 0.1) is 0 Å². The molecule has 1 aliphatic heterocycles. The molecule has 2 heterocycles. The summed E-state index contributed by atoms with van der Waals surface area (Å²) in [7, 11) is 0.172. The average Bonchev–Trinajstić information content (AvgIpc) is 2.83. The minimum atomic E-state index is -3.73. The predicted molar refractivity (Wildman–Crippen MR) is 110 cm³/mol. The predicted octanol–water partition coefficient (Wildman–Crippen LogP) is 0.689. The standard InChI is InChI=1S/C19H29N5O4S/c1-4-28-16-7-5-6-8-17(16)29(26,27)21-15-9-10-18-20-24(14-13-22(2)3)19(25)23(18)12-11-15/h5-8,15,21H,4,9-14H2,1-3H3. The maximum absolute atomic E-state index is 12.9. The molecule has 160 valence electrons. The van der Waals surface area contributed by atoms with Gasteiger partial charge >= 0.3 is 5.69 Å². The molecule has 1 aromatic carbocycles. The number of likely N-dealkylation sites (N-methyl/N-ethyl adjacent to an activating group) is 1. The molecule has 0 radical (unpaired) electrons. The molecule has 1 aliphatic rings. The van der Waals surface area contributed by atoms with Crippen molar-refractivity contribution in [1.29, 1.82) is 0 Å². The van der Waals surface area contributed by atoms with Gasteiger partial charge < -0.3 is 9.64 Å². The Morgan fingerprint density at radius 1 is 1.28 bits per heavy atom. The molecule has 1 aromatic heterocycles. The topological polar surface area (TPSA) is 98.5 Å². The summed E-state index contributed by atoms with van der Waals surface area (Å²) >= 11 is 0. The molecule has 3 rings (SSSR count). The first-order chi connectivity index (χ1) is 13.8. The van der Waals surface area contributed by atoms with Crippen molar-refractivity contribution in [2.24, 2.45) is 0 Å². The second-order valence-electron chi connectivity index (χ2n) is 7.40. The second-order valence-corrected chi connectivity index (χ2v) is 9.08. The lowest BCUT2D eigenvalue weighted by Crippen LogP contribution is -2.36. The molecule has 9 nitrogen and oxygen atoms in total. The van der Waals surface area contributed by atoms with Gasteiger partial charge in [0.05, 0.1) is 13.2 Å². The van der Waals surface area contributed by atoms with E-state index in [1.54, 1.807) is 28.8 Å². The van der Waals surface area contributed by atoms with Gasteiger partial charge in [0, 0.05) is 25.6 Å². The molecule has 0 spiro atoms. The molecule has 0 aliphatic carbocycles. The van der Waals surface area contributed by atoms with Crippen molar-refractivity contribution in [3.8, 4) is 5.75 Å². The van der Waals surface area contributed by atoms with Crippen LogP contribution < -0.4 is 15.1 Å². The van der Waals surface area contributed by atoms with Crippen molar-refractivity contribution in [3.05, 3.63) is 40.6 Å². The van der Waals surface area contributed by atoms with E-state index in [1.165, 1.54) is 4.68 Å². The fourth-order valence-corrected chi connectivity index (χ4v) is 4.87. The van der Waals surface area contributed by atoms with Crippen molar-refractivity contribution in [2.45, 2.75) is 50.2 Å². The van der Waals surface area contributed by atoms with Gasteiger partial charge in [-0.15, -0.1) is 0 Å². The van der Waals surface area contributed by atoms with Crippen molar-refractivity contribution in [1.82, 2.24) is 24.0 Å². The minimum Gasteiger partial charge on any atom is -0.492 e. The lowest BCUT2D eigenvalue weighted by molar-refractivity contribution is 0.330. The van der Waals surface area contributed by atoms with Crippen LogP contribution in [0.4, 0.5) is 0 Å².